The van der Waals surface area contributed by atoms with Crippen molar-refractivity contribution in [3.05, 3.63) is 29.8 Å². The Kier molecular flexibility index (Phi) is 3.10. The molecule has 64 valence electrons. The van der Waals surface area contributed by atoms with Crippen LogP contribution in [-0.2, 0) is 6.61 Å². The molecule has 1 rings (SSSR count). The minimum absolute atomic E-state index is 0.192. The van der Waals surface area contributed by atoms with Gasteiger partial charge >= 0.3 is 7.32 Å². The molecule has 0 radical (unpaired) electrons. The topological polar surface area (TPSA) is 69.9 Å². The van der Waals surface area contributed by atoms with Gasteiger partial charge in [0.05, 0.1) is 6.61 Å². The van der Waals surface area contributed by atoms with E-state index in [1.165, 1.54) is 0 Å². The molecule has 12 heavy (non-hydrogen) atoms. The van der Waals surface area contributed by atoms with Crippen LogP contribution in [0, 0.1) is 0 Å². The lowest BCUT2D eigenvalue weighted by atomic mass is 10.2. The number of aliphatic hydroxyl groups is 1. The third-order valence-corrected chi connectivity index (χ3v) is 1.38. The van der Waals surface area contributed by atoms with Crippen molar-refractivity contribution >= 4 is 7.32 Å². The van der Waals surface area contributed by atoms with Gasteiger partial charge in [-0.3, -0.25) is 0 Å². The number of para-hydroxylation sites is 1. The van der Waals surface area contributed by atoms with Gasteiger partial charge in [0.2, 0.25) is 0 Å². The highest BCUT2D eigenvalue weighted by Crippen LogP contribution is 2.17. The Hall–Kier alpha value is -1.04. The van der Waals surface area contributed by atoms with Crippen molar-refractivity contribution in [1.82, 2.24) is 0 Å². The average Bonchev–Trinajstić information content (AvgIpc) is 2.04. The first-order chi connectivity index (χ1) is 5.74. The summed E-state index contributed by atoms with van der Waals surface area (Å²) in [5, 5.41) is 25.7. The van der Waals surface area contributed by atoms with Crippen molar-refractivity contribution < 1.29 is 19.8 Å². The van der Waals surface area contributed by atoms with Crippen molar-refractivity contribution in [2.45, 2.75) is 6.61 Å². The first-order valence-electron chi connectivity index (χ1n) is 3.45. The van der Waals surface area contributed by atoms with Gasteiger partial charge in [-0.25, -0.2) is 0 Å². The first-order valence-corrected chi connectivity index (χ1v) is 3.45. The van der Waals surface area contributed by atoms with E-state index >= 15 is 0 Å². The van der Waals surface area contributed by atoms with E-state index in [0.717, 1.165) is 0 Å². The maximum Gasteiger partial charge on any atom is 0.707 e. The molecule has 0 saturated carbocycles. The summed E-state index contributed by atoms with van der Waals surface area (Å²) in [4.78, 5) is 0. The minimum Gasteiger partial charge on any atom is -0.512 e. The van der Waals surface area contributed by atoms with E-state index in [-0.39, 0.29) is 12.4 Å². The lowest BCUT2D eigenvalue weighted by Gasteiger charge is -2.07. The summed E-state index contributed by atoms with van der Waals surface area (Å²) in [6.07, 6.45) is 0. The van der Waals surface area contributed by atoms with Crippen molar-refractivity contribution in [1.29, 1.82) is 0 Å². The summed E-state index contributed by atoms with van der Waals surface area (Å²) in [5.74, 6) is 0.273. The highest BCUT2D eigenvalue weighted by atomic mass is 16.6. The van der Waals surface area contributed by atoms with E-state index in [2.05, 4.69) is 4.65 Å². The molecule has 1 aromatic rings. The molecular weight excluding hydrogens is 159 g/mol. The van der Waals surface area contributed by atoms with Crippen molar-refractivity contribution in [3.63, 3.8) is 0 Å². The Morgan fingerprint density at radius 1 is 1.25 bits per heavy atom. The molecule has 3 N–H and O–H groups in total. The van der Waals surface area contributed by atoms with Gasteiger partial charge in [-0.15, -0.1) is 0 Å². The van der Waals surface area contributed by atoms with Gasteiger partial charge in [0.1, 0.15) is 5.75 Å². The van der Waals surface area contributed by atoms with Crippen LogP contribution in [0.1, 0.15) is 5.56 Å². The van der Waals surface area contributed by atoms with E-state index in [1.54, 1.807) is 24.3 Å². The van der Waals surface area contributed by atoms with Crippen LogP contribution in [0.15, 0.2) is 24.3 Å². The van der Waals surface area contributed by atoms with Crippen LogP contribution in [-0.4, -0.2) is 22.5 Å². The predicted octanol–water partition coefficient (Wildman–Crippen LogP) is -0.473. The monoisotopic (exact) mass is 168 g/mol. The molecule has 1 aromatic carbocycles. The molecule has 5 heteroatoms. The van der Waals surface area contributed by atoms with E-state index in [0.29, 0.717) is 5.56 Å². The van der Waals surface area contributed by atoms with E-state index < -0.39 is 7.32 Å². The fourth-order valence-electron chi connectivity index (χ4n) is 0.863. The Morgan fingerprint density at radius 2 is 1.92 bits per heavy atom. The molecule has 0 bridgehead atoms. The third kappa shape index (κ3) is 2.23. The van der Waals surface area contributed by atoms with E-state index in [1.807, 2.05) is 0 Å². The molecule has 0 atom stereocenters. The number of benzene rings is 1. The van der Waals surface area contributed by atoms with Crippen LogP contribution in [0.5, 0.6) is 5.75 Å². The number of hydrogen-bond donors (Lipinski definition) is 3. The van der Waals surface area contributed by atoms with Gasteiger partial charge < -0.3 is 19.8 Å². The van der Waals surface area contributed by atoms with Crippen LogP contribution in [0.3, 0.4) is 0 Å². The second-order valence-electron chi connectivity index (χ2n) is 2.21. The molecule has 0 aliphatic heterocycles. The maximum atomic E-state index is 8.79. The van der Waals surface area contributed by atoms with E-state index in [9.17, 15) is 0 Å². The zero-order valence-corrected chi connectivity index (χ0v) is 6.34. The molecule has 0 spiro atoms. The Bertz CT molecular complexity index is 251. The summed E-state index contributed by atoms with van der Waals surface area (Å²) in [6, 6.07) is 6.59. The summed E-state index contributed by atoms with van der Waals surface area (Å²) in [5.41, 5.74) is 0.519. The van der Waals surface area contributed by atoms with Crippen LogP contribution < -0.4 is 4.65 Å². The van der Waals surface area contributed by atoms with Crippen LogP contribution in [0.4, 0.5) is 0 Å². The quantitative estimate of drug-likeness (QED) is 0.533. The molecule has 0 saturated heterocycles. The SMILES string of the molecule is OCc1ccccc1OB(O)O. The summed E-state index contributed by atoms with van der Waals surface area (Å²) in [7, 11) is -1.85. The standard InChI is InChI=1S/C7H9BO4/c9-5-6-3-1-2-4-7(6)12-8(10)11/h1-4,9-11H,5H2. The van der Waals surface area contributed by atoms with Crippen molar-refractivity contribution in [2.24, 2.45) is 0 Å². The molecule has 0 unspecified atom stereocenters. The number of rotatable bonds is 3. The second-order valence-corrected chi connectivity index (χ2v) is 2.21. The average molecular weight is 168 g/mol. The highest BCUT2D eigenvalue weighted by Gasteiger charge is 2.12. The van der Waals surface area contributed by atoms with Crippen molar-refractivity contribution in [3.8, 4) is 5.75 Å². The van der Waals surface area contributed by atoms with Crippen LogP contribution >= 0.6 is 0 Å². The number of aliphatic hydroxyl groups excluding tert-OH is 1. The molecule has 0 fully saturated rings. The fourth-order valence-corrected chi connectivity index (χ4v) is 0.863. The molecule has 4 nitrogen and oxygen atoms in total. The molecule has 0 aromatic heterocycles. The summed E-state index contributed by atoms with van der Waals surface area (Å²) < 4.78 is 4.59. The van der Waals surface area contributed by atoms with Crippen LogP contribution in [0.2, 0.25) is 0 Å². The Labute approximate surface area is 70.2 Å². The zero-order valence-electron chi connectivity index (χ0n) is 6.34. The smallest absolute Gasteiger partial charge is 0.512 e. The first kappa shape index (κ1) is 9.06. The van der Waals surface area contributed by atoms with Gasteiger partial charge in [-0.1, -0.05) is 18.2 Å². The molecule has 0 amide bonds. The van der Waals surface area contributed by atoms with E-state index in [4.69, 9.17) is 15.2 Å². The van der Waals surface area contributed by atoms with Gasteiger partial charge in [-0.05, 0) is 6.07 Å². The second kappa shape index (κ2) is 4.11. The van der Waals surface area contributed by atoms with Gasteiger partial charge in [-0.2, -0.15) is 0 Å². The minimum atomic E-state index is -1.85. The third-order valence-electron chi connectivity index (χ3n) is 1.38. The molecule has 0 heterocycles. The summed E-state index contributed by atoms with van der Waals surface area (Å²) >= 11 is 0. The highest BCUT2D eigenvalue weighted by molar-refractivity contribution is 6.33. The molecule has 0 aliphatic rings. The lowest BCUT2D eigenvalue weighted by molar-refractivity contribution is 0.263. The van der Waals surface area contributed by atoms with Gasteiger partial charge in [0.25, 0.3) is 0 Å². The molecular formula is C7H9BO4. The maximum absolute atomic E-state index is 8.79. The number of hydrogen-bond acceptors (Lipinski definition) is 4. The van der Waals surface area contributed by atoms with Gasteiger partial charge in [0.15, 0.2) is 0 Å². The normalized spacial score (nSPS) is 9.58. The predicted molar refractivity (Wildman–Crippen MR) is 43.2 cm³/mol. The van der Waals surface area contributed by atoms with Crippen LogP contribution in [0.25, 0.3) is 0 Å². The van der Waals surface area contributed by atoms with Crippen molar-refractivity contribution in [2.75, 3.05) is 0 Å². The van der Waals surface area contributed by atoms with Gasteiger partial charge in [0, 0.05) is 5.56 Å². The molecule has 0 aliphatic carbocycles. The largest absolute Gasteiger partial charge is 0.707 e. The summed E-state index contributed by atoms with van der Waals surface area (Å²) in [6.45, 7) is -0.192. The lowest BCUT2D eigenvalue weighted by Crippen LogP contribution is -2.21. The fraction of sp³-hybridized carbons (Fsp3) is 0.143. The Balaban J connectivity index is 2.82. The zero-order chi connectivity index (χ0) is 8.97. The Morgan fingerprint density at radius 3 is 2.50 bits per heavy atom.